The van der Waals surface area contributed by atoms with Gasteiger partial charge in [0.05, 0.1) is 18.7 Å². The Morgan fingerprint density at radius 3 is 2.29 bits per heavy atom. The predicted octanol–water partition coefficient (Wildman–Crippen LogP) is 3.98. The number of rotatable bonds is 9. The van der Waals surface area contributed by atoms with Gasteiger partial charge in [0.15, 0.2) is 0 Å². The topological polar surface area (TPSA) is 97.4 Å². The van der Waals surface area contributed by atoms with Crippen LogP contribution in [-0.2, 0) is 26.1 Å². The van der Waals surface area contributed by atoms with Crippen molar-refractivity contribution in [2.24, 2.45) is 0 Å². The van der Waals surface area contributed by atoms with E-state index >= 15 is 0 Å². The van der Waals surface area contributed by atoms with Crippen LogP contribution in [0.4, 0.5) is 0 Å². The van der Waals surface area contributed by atoms with Gasteiger partial charge in [-0.05, 0) is 30.2 Å². The molecule has 0 radical (unpaired) electrons. The van der Waals surface area contributed by atoms with Crippen molar-refractivity contribution < 1.29 is 17.9 Å². The van der Waals surface area contributed by atoms with E-state index in [1.807, 2.05) is 36.4 Å². The molecule has 7 nitrogen and oxygen atoms in total. The maximum absolute atomic E-state index is 13.7. The summed E-state index contributed by atoms with van der Waals surface area (Å²) in [5.41, 5.74) is 0.469. The van der Waals surface area contributed by atoms with Gasteiger partial charge < -0.3 is 4.74 Å². The molecule has 0 saturated carbocycles. The van der Waals surface area contributed by atoms with E-state index in [0.29, 0.717) is 23.0 Å². The van der Waals surface area contributed by atoms with Gasteiger partial charge in [-0.25, -0.2) is 17.9 Å². The average Bonchev–Trinajstić information content (AvgIpc) is 2.90. The molecule has 180 valence electrons. The molecule has 0 amide bonds. The summed E-state index contributed by atoms with van der Waals surface area (Å²) in [4.78, 5) is 17.5. The minimum Gasteiger partial charge on any atom is -0.468 e. The number of aromatic nitrogens is 1. The molecule has 0 aliphatic rings. The standard InChI is InChI=1S/C27H27N3O4S/c1-27(26(31)34-2,29-19-20-11-5-3-6-12-20)25(22-13-7-4-8-14-22)30-35(32,33)23-17-9-15-21-16-10-18-28-24(21)23/h3-18,25,29-30H,19H2,1-2H3/t25-,27-/m0/s1. The van der Waals surface area contributed by atoms with Crippen molar-refractivity contribution in [2.75, 3.05) is 7.11 Å². The van der Waals surface area contributed by atoms with Crippen molar-refractivity contribution in [2.45, 2.75) is 29.9 Å². The third-order valence-electron chi connectivity index (χ3n) is 5.98. The van der Waals surface area contributed by atoms with Crippen molar-refractivity contribution in [3.63, 3.8) is 0 Å². The first-order chi connectivity index (χ1) is 16.8. The molecule has 2 atom stereocenters. The monoisotopic (exact) mass is 489 g/mol. The van der Waals surface area contributed by atoms with Crippen LogP contribution in [0.25, 0.3) is 10.9 Å². The second-order valence-corrected chi connectivity index (χ2v) is 10.0. The van der Waals surface area contributed by atoms with E-state index < -0.39 is 27.6 Å². The average molecular weight is 490 g/mol. The van der Waals surface area contributed by atoms with Gasteiger partial charge in [0, 0.05) is 18.1 Å². The Bertz CT molecular complexity index is 1410. The second-order valence-electron chi connectivity index (χ2n) is 8.33. The van der Waals surface area contributed by atoms with E-state index in [9.17, 15) is 13.2 Å². The molecule has 4 rings (SSSR count). The van der Waals surface area contributed by atoms with Crippen molar-refractivity contribution in [3.8, 4) is 0 Å². The van der Waals surface area contributed by atoms with Crippen LogP contribution in [0.3, 0.4) is 0 Å². The summed E-state index contributed by atoms with van der Waals surface area (Å²) in [5, 5.41) is 3.95. The first kappa shape index (κ1) is 24.5. The van der Waals surface area contributed by atoms with Gasteiger partial charge in [0.1, 0.15) is 10.4 Å². The molecule has 0 fully saturated rings. The molecule has 0 unspecified atom stereocenters. The van der Waals surface area contributed by atoms with Crippen LogP contribution in [0.1, 0.15) is 24.1 Å². The van der Waals surface area contributed by atoms with Gasteiger partial charge in [-0.15, -0.1) is 0 Å². The maximum atomic E-state index is 13.7. The van der Waals surface area contributed by atoms with Crippen molar-refractivity contribution in [3.05, 3.63) is 108 Å². The number of fused-ring (bicyclic) bond motifs is 1. The first-order valence-corrected chi connectivity index (χ1v) is 12.6. The van der Waals surface area contributed by atoms with Crippen LogP contribution in [0, 0.1) is 0 Å². The SMILES string of the molecule is COC(=O)[C@@](C)(NCc1ccccc1)[C@@H](NS(=O)(=O)c1cccc2cccnc12)c1ccccc1. The van der Waals surface area contributed by atoms with E-state index in [-0.39, 0.29) is 4.90 Å². The molecular weight excluding hydrogens is 462 g/mol. The molecular formula is C27H27N3O4S. The number of esters is 1. The molecule has 8 heteroatoms. The van der Waals surface area contributed by atoms with Crippen LogP contribution < -0.4 is 10.0 Å². The highest BCUT2D eigenvalue weighted by Crippen LogP contribution is 2.31. The van der Waals surface area contributed by atoms with Gasteiger partial charge in [-0.2, -0.15) is 0 Å². The molecule has 0 aliphatic heterocycles. The second kappa shape index (κ2) is 10.4. The quantitative estimate of drug-likeness (QED) is 0.345. The minimum atomic E-state index is -4.10. The summed E-state index contributed by atoms with van der Waals surface area (Å²) in [6.45, 7) is 1.97. The van der Waals surface area contributed by atoms with E-state index in [1.165, 1.54) is 13.2 Å². The maximum Gasteiger partial charge on any atom is 0.327 e. The fraction of sp³-hybridized carbons (Fsp3) is 0.185. The molecule has 1 heterocycles. The van der Waals surface area contributed by atoms with Crippen molar-refractivity contribution in [1.29, 1.82) is 0 Å². The first-order valence-electron chi connectivity index (χ1n) is 11.1. The summed E-state index contributed by atoms with van der Waals surface area (Å²) in [6, 6.07) is 26.1. The van der Waals surface area contributed by atoms with E-state index in [2.05, 4.69) is 15.0 Å². The van der Waals surface area contributed by atoms with Gasteiger partial charge in [0.2, 0.25) is 10.0 Å². The molecule has 1 aromatic heterocycles. The number of nitrogens with one attached hydrogen (secondary N) is 2. The smallest absolute Gasteiger partial charge is 0.327 e. The molecule has 0 aliphatic carbocycles. The molecule has 4 aromatic rings. The lowest BCUT2D eigenvalue weighted by molar-refractivity contribution is -0.149. The zero-order chi connectivity index (χ0) is 24.9. The fourth-order valence-electron chi connectivity index (χ4n) is 4.06. The highest BCUT2D eigenvalue weighted by Gasteiger charge is 2.45. The summed E-state index contributed by atoms with van der Waals surface area (Å²) in [7, 11) is -2.81. The third kappa shape index (κ3) is 5.24. The van der Waals surface area contributed by atoms with Gasteiger partial charge in [0.25, 0.3) is 0 Å². The zero-order valence-corrected chi connectivity index (χ0v) is 20.3. The Balaban J connectivity index is 1.79. The Morgan fingerprint density at radius 1 is 0.943 bits per heavy atom. The Morgan fingerprint density at radius 2 is 1.60 bits per heavy atom. The number of para-hydroxylation sites is 1. The number of methoxy groups -OCH3 is 1. The van der Waals surface area contributed by atoms with Crippen LogP contribution >= 0.6 is 0 Å². The number of carbonyl (C=O) groups excluding carboxylic acids is 1. The summed E-state index contributed by atoms with van der Waals surface area (Å²) < 4.78 is 35.4. The lowest BCUT2D eigenvalue weighted by Gasteiger charge is -2.36. The Hall–Kier alpha value is -3.59. The Kier molecular flexibility index (Phi) is 7.25. The number of sulfonamides is 1. The van der Waals surface area contributed by atoms with Gasteiger partial charge >= 0.3 is 5.97 Å². The summed E-state index contributed by atoms with van der Waals surface area (Å²) >= 11 is 0. The number of hydrogen-bond donors (Lipinski definition) is 2. The predicted molar refractivity (Wildman–Crippen MR) is 135 cm³/mol. The van der Waals surface area contributed by atoms with Crippen LogP contribution in [0.2, 0.25) is 0 Å². The van der Waals surface area contributed by atoms with Crippen LogP contribution in [0.5, 0.6) is 0 Å². The number of hydrogen-bond acceptors (Lipinski definition) is 6. The van der Waals surface area contributed by atoms with E-state index in [4.69, 9.17) is 4.74 Å². The van der Waals surface area contributed by atoms with Crippen molar-refractivity contribution >= 4 is 26.9 Å². The largest absolute Gasteiger partial charge is 0.468 e. The Labute approximate surface area is 205 Å². The van der Waals surface area contributed by atoms with E-state index in [1.54, 1.807) is 61.7 Å². The lowest BCUT2D eigenvalue weighted by Crippen LogP contribution is -2.58. The molecule has 0 saturated heterocycles. The number of nitrogens with zero attached hydrogens (tertiary/aromatic N) is 1. The van der Waals surface area contributed by atoms with Gasteiger partial charge in [-0.1, -0.05) is 78.9 Å². The molecule has 35 heavy (non-hydrogen) atoms. The van der Waals surface area contributed by atoms with Gasteiger partial charge in [-0.3, -0.25) is 10.3 Å². The highest BCUT2D eigenvalue weighted by molar-refractivity contribution is 7.89. The molecule has 3 aromatic carbocycles. The van der Waals surface area contributed by atoms with Crippen LogP contribution in [-0.4, -0.2) is 32.0 Å². The van der Waals surface area contributed by atoms with Crippen LogP contribution in [0.15, 0.2) is 102 Å². The zero-order valence-electron chi connectivity index (χ0n) is 19.5. The molecule has 0 spiro atoms. The minimum absolute atomic E-state index is 0.0341. The number of pyridine rings is 1. The molecule has 2 N–H and O–H groups in total. The number of ether oxygens (including phenoxy) is 1. The lowest BCUT2D eigenvalue weighted by atomic mass is 9.87. The number of benzene rings is 3. The fourth-order valence-corrected chi connectivity index (χ4v) is 5.55. The highest BCUT2D eigenvalue weighted by atomic mass is 32.2. The molecule has 0 bridgehead atoms. The third-order valence-corrected chi connectivity index (χ3v) is 7.43. The normalized spacial score (nSPS) is 14.2. The van der Waals surface area contributed by atoms with Crippen molar-refractivity contribution in [1.82, 2.24) is 15.0 Å². The summed E-state index contributed by atoms with van der Waals surface area (Å²) in [6.07, 6.45) is 1.55. The summed E-state index contributed by atoms with van der Waals surface area (Å²) in [5.74, 6) is -0.596. The van der Waals surface area contributed by atoms with E-state index in [0.717, 1.165) is 5.56 Å². The number of carbonyl (C=O) groups is 1.